The molecule has 2 amide bonds. The van der Waals surface area contributed by atoms with Gasteiger partial charge in [0, 0.05) is 0 Å². The maximum absolute atomic E-state index is 12.6. The Labute approximate surface area is 159 Å². The Bertz CT molecular complexity index is 699. The van der Waals surface area contributed by atoms with Gasteiger partial charge >= 0.3 is 5.97 Å². The van der Waals surface area contributed by atoms with Gasteiger partial charge in [-0.3, -0.25) is 14.5 Å². The summed E-state index contributed by atoms with van der Waals surface area (Å²) in [5.74, 6) is -0.134. The van der Waals surface area contributed by atoms with Crippen LogP contribution < -0.4 is 15.0 Å². The summed E-state index contributed by atoms with van der Waals surface area (Å²) < 4.78 is 10.3. The SMILES string of the molecule is COC(=O)[C@@H](CC1CCCCC1)NC(=O)CN1C(=O)COc2ccccc21. The number of rotatable bonds is 6. The molecule has 2 aliphatic rings. The molecule has 1 fully saturated rings. The summed E-state index contributed by atoms with van der Waals surface area (Å²) >= 11 is 0. The fraction of sp³-hybridized carbons (Fsp3) is 0.550. The van der Waals surface area contributed by atoms with E-state index in [1.165, 1.54) is 18.4 Å². The Morgan fingerprint density at radius 2 is 2.00 bits per heavy atom. The van der Waals surface area contributed by atoms with E-state index in [4.69, 9.17) is 9.47 Å². The average Bonchev–Trinajstić information content (AvgIpc) is 2.70. The number of amides is 2. The van der Waals surface area contributed by atoms with Crippen molar-refractivity contribution in [2.24, 2.45) is 5.92 Å². The van der Waals surface area contributed by atoms with Gasteiger partial charge in [-0.2, -0.15) is 0 Å². The third-order valence-corrected chi connectivity index (χ3v) is 5.22. The van der Waals surface area contributed by atoms with Crippen molar-refractivity contribution in [1.82, 2.24) is 5.32 Å². The molecule has 1 aliphatic carbocycles. The number of methoxy groups -OCH3 is 1. The molecule has 27 heavy (non-hydrogen) atoms. The zero-order chi connectivity index (χ0) is 19.2. The van der Waals surface area contributed by atoms with Crippen LogP contribution in [0.4, 0.5) is 5.69 Å². The van der Waals surface area contributed by atoms with Crippen LogP contribution in [0.25, 0.3) is 0 Å². The number of fused-ring (bicyclic) bond motifs is 1. The molecule has 0 aromatic heterocycles. The van der Waals surface area contributed by atoms with Crippen LogP contribution in [-0.4, -0.2) is 44.1 Å². The van der Waals surface area contributed by atoms with E-state index in [9.17, 15) is 14.4 Å². The number of ether oxygens (including phenoxy) is 2. The quantitative estimate of drug-likeness (QED) is 0.770. The average molecular weight is 374 g/mol. The molecule has 1 saturated carbocycles. The van der Waals surface area contributed by atoms with Crippen LogP contribution in [0.1, 0.15) is 38.5 Å². The molecule has 7 heteroatoms. The van der Waals surface area contributed by atoms with Gasteiger partial charge in [-0.25, -0.2) is 4.79 Å². The van der Waals surface area contributed by atoms with Gasteiger partial charge in [-0.15, -0.1) is 0 Å². The van der Waals surface area contributed by atoms with Crippen LogP contribution in [0.5, 0.6) is 5.75 Å². The van der Waals surface area contributed by atoms with Crippen molar-refractivity contribution in [3.63, 3.8) is 0 Å². The highest BCUT2D eigenvalue weighted by Gasteiger charge is 2.30. The third kappa shape index (κ3) is 4.78. The normalized spacial score (nSPS) is 18.3. The highest BCUT2D eigenvalue weighted by atomic mass is 16.5. The van der Waals surface area contributed by atoms with Gasteiger partial charge in [-0.1, -0.05) is 44.2 Å². The highest BCUT2D eigenvalue weighted by molar-refractivity contribution is 6.02. The number of carbonyl (C=O) groups excluding carboxylic acids is 3. The van der Waals surface area contributed by atoms with Crippen molar-refractivity contribution in [2.75, 3.05) is 25.2 Å². The zero-order valence-electron chi connectivity index (χ0n) is 15.6. The van der Waals surface area contributed by atoms with Crippen LogP contribution in [-0.2, 0) is 19.1 Å². The fourth-order valence-electron chi connectivity index (χ4n) is 3.82. The van der Waals surface area contributed by atoms with Gasteiger partial charge in [-0.05, 0) is 24.5 Å². The molecule has 1 atom stereocenters. The molecular weight excluding hydrogens is 348 g/mol. The summed E-state index contributed by atoms with van der Waals surface area (Å²) in [5, 5.41) is 2.77. The van der Waals surface area contributed by atoms with E-state index in [2.05, 4.69) is 5.32 Å². The summed E-state index contributed by atoms with van der Waals surface area (Å²) in [6.45, 7) is -0.260. The van der Waals surface area contributed by atoms with Crippen molar-refractivity contribution >= 4 is 23.5 Å². The molecule has 0 bridgehead atoms. The zero-order valence-corrected chi connectivity index (χ0v) is 15.6. The van der Waals surface area contributed by atoms with E-state index < -0.39 is 12.0 Å². The summed E-state index contributed by atoms with van der Waals surface area (Å²) in [7, 11) is 1.32. The molecule has 0 saturated heterocycles. The van der Waals surface area contributed by atoms with E-state index in [1.807, 2.05) is 6.07 Å². The lowest BCUT2D eigenvalue weighted by molar-refractivity contribution is -0.145. The lowest BCUT2D eigenvalue weighted by atomic mass is 9.85. The maximum Gasteiger partial charge on any atom is 0.328 e. The van der Waals surface area contributed by atoms with E-state index in [1.54, 1.807) is 18.2 Å². The molecule has 0 spiro atoms. The van der Waals surface area contributed by atoms with Gasteiger partial charge in [0.2, 0.25) is 5.91 Å². The molecule has 7 nitrogen and oxygen atoms in total. The number of nitrogens with one attached hydrogen (secondary N) is 1. The second kappa shape index (κ2) is 8.88. The Kier molecular flexibility index (Phi) is 6.32. The first kappa shape index (κ1) is 19.2. The molecule has 0 unspecified atom stereocenters. The molecule has 0 radical (unpaired) electrons. The van der Waals surface area contributed by atoms with Gasteiger partial charge in [0.25, 0.3) is 5.91 Å². The Hall–Kier alpha value is -2.57. The van der Waals surface area contributed by atoms with Gasteiger partial charge in [0.15, 0.2) is 6.61 Å². The number of hydrogen-bond donors (Lipinski definition) is 1. The minimum Gasteiger partial charge on any atom is -0.482 e. The summed E-state index contributed by atoms with van der Waals surface area (Å²) in [4.78, 5) is 38.3. The van der Waals surface area contributed by atoms with E-state index in [0.29, 0.717) is 23.8 Å². The topological polar surface area (TPSA) is 84.9 Å². The lowest BCUT2D eigenvalue weighted by Crippen LogP contribution is -2.49. The van der Waals surface area contributed by atoms with Crippen molar-refractivity contribution < 1.29 is 23.9 Å². The number of benzene rings is 1. The Morgan fingerprint density at radius 3 is 2.74 bits per heavy atom. The molecule has 1 aromatic carbocycles. The molecule has 1 aliphatic heterocycles. The molecule has 1 heterocycles. The van der Waals surface area contributed by atoms with E-state index in [-0.39, 0.29) is 25.0 Å². The summed E-state index contributed by atoms with van der Waals surface area (Å²) in [6.07, 6.45) is 6.25. The first-order chi connectivity index (χ1) is 13.1. The van der Waals surface area contributed by atoms with Crippen LogP contribution in [0.15, 0.2) is 24.3 Å². The standard InChI is InChI=1S/C20H26N2O5/c1-26-20(25)15(11-14-7-3-2-4-8-14)21-18(23)12-22-16-9-5-6-10-17(16)27-13-19(22)24/h5-6,9-10,14-15H,2-4,7-8,11-13H2,1H3,(H,21,23)/t15-/m1/s1. The van der Waals surface area contributed by atoms with Crippen LogP contribution in [0.2, 0.25) is 0 Å². The highest BCUT2D eigenvalue weighted by Crippen LogP contribution is 2.31. The molecule has 146 valence electrons. The van der Waals surface area contributed by atoms with Crippen LogP contribution in [0.3, 0.4) is 0 Å². The number of carbonyl (C=O) groups is 3. The van der Waals surface area contributed by atoms with Crippen molar-refractivity contribution in [2.45, 2.75) is 44.6 Å². The van der Waals surface area contributed by atoms with Crippen molar-refractivity contribution in [1.29, 1.82) is 0 Å². The lowest BCUT2D eigenvalue weighted by Gasteiger charge is -2.30. The van der Waals surface area contributed by atoms with Crippen LogP contribution >= 0.6 is 0 Å². The van der Waals surface area contributed by atoms with E-state index >= 15 is 0 Å². The first-order valence-corrected chi connectivity index (χ1v) is 9.48. The molecule has 3 rings (SSSR count). The smallest absolute Gasteiger partial charge is 0.328 e. The van der Waals surface area contributed by atoms with E-state index in [0.717, 1.165) is 25.7 Å². The number of para-hydroxylation sites is 2. The molecular formula is C20H26N2O5. The third-order valence-electron chi connectivity index (χ3n) is 5.22. The van der Waals surface area contributed by atoms with Gasteiger partial charge in [0.1, 0.15) is 18.3 Å². The number of nitrogens with zero attached hydrogens (tertiary/aromatic N) is 1. The monoisotopic (exact) mass is 374 g/mol. The van der Waals surface area contributed by atoms with Crippen molar-refractivity contribution in [3.05, 3.63) is 24.3 Å². The predicted octanol–water partition coefficient (Wildman–Crippen LogP) is 2.04. The summed E-state index contributed by atoms with van der Waals surface area (Å²) in [5.41, 5.74) is 0.561. The van der Waals surface area contributed by atoms with Crippen LogP contribution in [0, 0.1) is 5.92 Å². The number of esters is 1. The molecule has 1 aromatic rings. The predicted molar refractivity (Wildman–Crippen MR) is 99.4 cm³/mol. The minimum absolute atomic E-state index is 0.104. The minimum atomic E-state index is -0.683. The van der Waals surface area contributed by atoms with Gasteiger partial charge < -0.3 is 14.8 Å². The second-order valence-electron chi connectivity index (χ2n) is 7.12. The number of hydrogen-bond acceptors (Lipinski definition) is 5. The van der Waals surface area contributed by atoms with Gasteiger partial charge in [0.05, 0.1) is 12.8 Å². The Balaban J connectivity index is 1.65. The largest absolute Gasteiger partial charge is 0.482 e. The number of anilines is 1. The first-order valence-electron chi connectivity index (χ1n) is 9.48. The van der Waals surface area contributed by atoms with Crippen molar-refractivity contribution in [3.8, 4) is 5.75 Å². The Morgan fingerprint density at radius 1 is 1.26 bits per heavy atom. The second-order valence-corrected chi connectivity index (χ2v) is 7.12. The fourth-order valence-corrected chi connectivity index (χ4v) is 3.82. The summed E-state index contributed by atoms with van der Waals surface area (Å²) in [6, 6.07) is 6.40. The molecule has 1 N–H and O–H groups in total. The maximum atomic E-state index is 12.6.